The molecule has 0 aromatic heterocycles. The number of allylic oxidation sites excluding steroid dienone is 1. The van der Waals surface area contributed by atoms with Gasteiger partial charge in [-0.15, -0.1) is 0 Å². The SMILES string of the molecule is O=C([O-])CC1=C(c2ccccc2)CCC1=O. The molecule has 0 atom stereocenters. The maximum absolute atomic E-state index is 11.5. The summed E-state index contributed by atoms with van der Waals surface area (Å²) in [4.78, 5) is 22.1. The molecule has 1 aliphatic rings. The summed E-state index contributed by atoms with van der Waals surface area (Å²) in [6, 6.07) is 9.43. The summed E-state index contributed by atoms with van der Waals surface area (Å²) in [6.45, 7) is 0. The summed E-state index contributed by atoms with van der Waals surface area (Å²) in [5.74, 6) is -1.26. The normalized spacial score (nSPS) is 15.6. The largest absolute Gasteiger partial charge is 0.550 e. The summed E-state index contributed by atoms with van der Waals surface area (Å²) in [7, 11) is 0. The van der Waals surface area contributed by atoms with Crippen LogP contribution in [0.1, 0.15) is 24.8 Å². The zero-order chi connectivity index (χ0) is 11.5. The van der Waals surface area contributed by atoms with Crippen molar-refractivity contribution in [1.29, 1.82) is 0 Å². The molecule has 0 aliphatic heterocycles. The van der Waals surface area contributed by atoms with Gasteiger partial charge in [-0.05, 0) is 17.6 Å². The number of rotatable bonds is 3. The van der Waals surface area contributed by atoms with Gasteiger partial charge in [-0.25, -0.2) is 0 Å². The summed E-state index contributed by atoms with van der Waals surface area (Å²) in [5, 5.41) is 10.6. The fourth-order valence-electron chi connectivity index (χ4n) is 2.02. The zero-order valence-electron chi connectivity index (χ0n) is 8.73. The van der Waals surface area contributed by atoms with E-state index in [0.29, 0.717) is 18.4 Å². The summed E-state index contributed by atoms with van der Waals surface area (Å²) in [6.07, 6.45) is 0.765. The molecule has 0 N–H and O–H groups in total. The van der Waals surface area contributed by atoms with E-state index < -0.39 is 5.97 Å². The number of carbonyl (C=O) groups excluding carboxylic acids is 2. The first-order valence-corrected chi connectivity index (χ1v) is 5.19. The number of carboxylic acid groups (broad SMARTS) is 1. The molecule has 0 bridgehead atoms. The van der Waals surface area contributed by atoms with E-state index in [9.17, 15) is 14.7 Å². The summed E-state index contributed by atoms with van der Waals surface area (Å²) >= 11 is 0. The first-order chi connectivity index (χ1) is 7.68. The van der Waals surface area contributed by atoms with Gasteiger partial charge >= 0.3 is 0 Å². The van der Waals surface area contributed by atoms with Crippen LogP contribution < -0.4 is 5.11 Å². The molecule has 0 heterocycles. The topological polar surface area (TPSA) is 57.2 Å². The Morgan fingerprint density at radius 1 is 1.19 bits per heavy atom. The Hall–Kier alpha value is -1.90. The van der Waals surface area contributed by atoms with Gasteiger partial charge in [0.1, 0.15) is 0 Å². The van der Waals surface area contributed by atoms with E-state index in [-0.39, 0.29) is 12.2 Å². The Morgan fingerprint density at radius 3 is 2.50 bits per heavy atom. The van der Waals surface area contributed by atoms with Gasteiger partial charge in [0.05, 0.1) is 0 Å². The molecule has 16 heavy (non-hydrogen) atoms. The molecular weight excluding hydrogens is 204 g/mol. The second kappa shape index (κ2) is 4.31. The monoisotopic (exact) mass is 215 g/mol. The molecule has 2 rings (SSSR count). The van der Waals surface area contributed by atoms with E-state index in [4.69, 9.17) is 0 Å². The zero-order valence-corrected chi connectivity index (χ0v) is 8.73. The van der Waals surface area contributed by atoms with E-state index >= 15 is 0 Å². The average Bonchev–Trinajstić information content (AvgIpc) is 2.61. The van der Waals surface area contributed by atoms with Crippen LogP contribution in [0.15, 0.2) is 35.9 Å². The number of benzene rings is 1. The minimum Gasteiger partial charge on any atom is -0.550 e. The van der Waals surface area contributed by atoms with Gasteiger partial charge in [-0.1, -0.05) is 30.3 Å². The van der Waals surface area contributed by atoms with Crippen molar-refractivity contribution in [3.63, 3.8) is 0 Å². The first-order valence-electron chi connectivity index (χ1n) is 5.19. The lowest BCUT2D eigenvalue weighted by Crippen LogP contribution is -2.23. The fraction of sp³-hybridized carbons (Fsp3) is 0.231. The van der Waals surface area contributed by atoms with Crippen molar-refractivity contribution in [1.82, 2.24) is 0 Å². The molecule has 1 aromatic carbocycles. The Bertz CT molecular complexity index is 457. The highest BCUT2D eigenvalue weighted by Gasteiger charge is 2.23. The molecule has 0 saturated carbocycles. The minimum atomic E-state index is -1.20. The quantitative estimate of drug-likeness (QED) is 0.754. The highest BCUT2D eigenvalue weighted by molar-refractivity contribution is 6.09. The minimum absolute atomic E-state index is 0.0666. The van der Waals surface area contributed by atoms with E-state index in [1.807, 2.05) is 30.3 Å². The second-order valence-electron chi connectivity index (χ2n) is 3.80. The third-order valence-electron chi connectivity index (χ3n) is 2.75. The number of carbonyl (C=O) groups is 2. The van der Waals surface area contributed by atoms with Crippen LogP contribution >= 0.6 is 0 Å². The van der Waals surface area contributed by atoms with Crippen molar-refractivity contribution in [2.24, 2.45) is 0 Å². The average molecular weight is 215 g/mol. The maximum Gasteiger partial charge on any atom is 0.159 e. The molecule has 0 unspecified atom stereocenters. The molecule has 1 aromatic rings. The molecule has 1 aliphatic carbocycles. The van der Waals surface area contributed by atoms with Gasteiger partial charge in [0, 0.05) is 24.4 Å². The highest BCUT2D eigenvalue weighted by Crippen LogP contribution is 2.32. The van der Waals surface area contributed by atoms with Crippen LogP contribution in [0.2, 0.25) is 0 Å². The number of hydrogen-bond acceptors (Lipinski definition) is 3. The van der Waals surface area contributed by atoms with Crippen LogP contribution in [0.3, 0.4) is 0 Å². The summed E-state index contributed by atoms with van der Waals surface area (Å²) in [5.41, 5.74) is 2.20. The first kappa shape index (κ1) is 10.6. The predicted molar refractivity (Wildman–Crippen MR) is 57.2 cm³/mol. The van der Waals surface area contributed by atoms with E-state index in [0.717, 1.165) is 11.1 Å². The molecule has 0 radical (unpaired) electrons. The van der Waals surface area contributed by atoms with Crippen molar-refractivity contribution in [2.45, 2.75) is 19.3 Å². The highest BCUT2D eigenvalue weighted by atomic mass is 16.4. The molecule has 3 heteroatoms. The molecule has 0 amide bonds. The number of carboxylic acids is 1. The van der Waals surface area contributed by atoms with Crippen molar-refractivity contribution >= 4 is 17.3 Å². The van der Waals surface area contributed by atoms with Gasteiger partial charge < -0.3 is 9.90 Å². The van der Waals surface area contributed by atoms with Crippen LogP contribution in [0, 0.1) is 0 Å². The van der Waals surface area contributed by atoms with Crippen molar-refractivity contribution in [3.05, 3.63) is 41.5 Å². The standard InChI is InChI=1S/C13H12O3/c14-12-7-6-10(11(12)8-13(15)16)9-4-2-1-3-5-9/h1-5H,6-8H2,(H,15,16)/p-1. The van der Waals surface area contributed by atoms with Crippen LogP contribution in [-0.2, 0) is 9.59 Å². The van der Waals surface area contributed by atoms with Crippen molar-refractivity contribution < 1.29 is 14.7 Å². The third-order valence-corrected chi connectivity index (χ3v) is 2.75. The Morgan fingerprint density at radius 2 is 1.88 bits per heavy atom. The lowest BCUT2D eigenvalue weighted by molar-refractivity contribution is -0.304. The molecule has 3 nitrogen and oxygen atoms in total. The van der Waals surface area contributed by atoms with Gasteiger partial charge in [-0.3, -0.25) is 4.79 Å². The van der Waals surface area contributed by atoms with Gasteiger partial charge in [0.15, 0.2) is 5.78 Å². The lowest BCUT2D eigenvalue weighted by atomic mass is 10.0. The van der Waals surface area contributed by atoms with E-state index in [1.165, 1.54) is 0 Å². The smallest absolute Gasteiger partial charge is 0.159 e. The van der Waals surface area contributed by atoms with E-state index in [2.05, 4.69) is 0 Å². The van der Waals surface area contributed by atoms with Crippen LogP contribution in [-0.4, -0.2) is 11.8 Å². The third kappa shape index (κ3) is 2.03. The van der Waals surface area contributed by atoms with Gasteiger partial charge in [0.25, 0.3) is 0 Å². The number of aliphatic carboxylic acids is 1. The Kier molecular flexibility index (Phi) is 2.86. The maximum atomic E-state index is 11.5. The van der Waals surface area contributed by atoms with Gasteiger partial charge in [0.2, 0.25) is 0 Å². The van der Waals surface area contributed by atoms with Crippen molar-refractivity contribution in [3.8, 4) is 0 Å². The fourth-order valence-corrected chi connectivity index (χ4v) is 2.02. The lowest BCUT2D eigenvalue weighted by Gasteiger charge is -2.07. The molecular formula is C13H11O3-. The number of hydrogen-bond donors (Lipinski definition) is 0. The Balaban J connectivity index is 2.40. The number of Topliss-reactive ketones (excluding diaryl/α,β-unsaturated/α-hetero) is 1. The summed E-state index contributed by atoms with van der Waals surface area (Å²) < 4.78 is 0. The molecule has 82 valence electrons. The van der Waals surface area contributed by atoms with Gasteiger partial charge in [-0.2, -0.15) is 0 Å². The molecule has 0 fully saturated rings. The predicted octanol–water partition coefficient (Wildman–Crippen LogP) is 0.943. The van der Waals surface area contributed by atoms with Crippen LogP contribution in [0.4, 0.5) is 0 Å². The second-order valence-corrected chi connectivity index (χ2v) is 3.80. The van der Waals surface area contributed by atoms with Crippen LogP contribution in [0.25, 0.3) is 5.57 Å². The molecule has 0 saturated heterocycles. The Labute approximate surface area is 93.4 Å². The number of ketones is 1. The molecule has 0 spiro atoms. The van der Waals surface area contributed by atoms with E-state index in [1.54, 1.807) is 0 Å². The van der Waals surface area contributed by atoms with Crippen LogP contribution in [0.5, 0.6) is 0 Å². The van der Waals surface area contributed by atoms with Crippen molar-refractivity contribution in [2.75, 3.05) is 0 Å².